The van der Waals surface area contributed by atoms with Crippen molar-refractivity contribution in [2.75, 3.05) is 20.3 Å². The van der Waals surface area contributed by atoms with Crippen LogP contribution in [0.2, 0.25) is 5.02 Å². The van der Waals surface area contributed by atoms with E-state index in [2.05, 4.69) is 15.0 Å². The topological polar surface area (TPSA) is 129 Å². The highest BCUT2D eigenvalue weighted by atomic mass is 35.5. The Morgan fingerprint density at radius 2 is 2.00 bits per heavy atom. The molecule has 1 aromatic carbocycles. The van der Waals surface area contributed by atoms with Crippen LogP contribution in [0.5, 0.6) is 5.88 Å². The van der Waals surface area contributed by atoms with Crippen molar-refractivity contribution >= 4 is 34.4 Å². The zero-order valence-corrected chi connectivity index (χ0v) is 15.4. The Bertz CT molecular complexity index is 1060. The first-order valence-corrected chi connectivity index (χ1v) is 8.70. The molecule has 2 amide bonds. The molecule has 0 saturated carbocycles. The second kappa shape index (κ2) is 6.86. The first kappa shape index (κ1) is 18.4. The first-order chi connectivity index (χ1) is 13.4. The van der Waals surface area contributed by atoms with Crippen molar-refractivity contribution in [1.82, 2.24) is 19.9 Å². The molecule has 1 aliphatic rings. The number of aromatic amines is 1. The number of pyridine rings is 1. The molecule has 1 atom stereocenters. The van der Waals surface area contributed by atoms with Crippen LogP contribution in [0.4, 0.5) is 0 Å². The average Bonchev–Trinajstić information content (AvgIpc) is 3.20. The lowest BCUT2D eigenvalue weighted by atomic mass is 10.1. The van der Waals surface area contributed by atoms with E-state index in [9.17, 15) is 14.7 Å². The summed E-state index contributed by atoms with van der Waals surface area (Å²) in [6, 6.07) is 4.64. The van der Waals surface area contributed by atoms with Gasteiger partial charge in [0.15, 0.2) is 0 Å². The maximum atomic E-state index is 12.6. The second-order valence-electron chi connectivity index (χ2n) is 6.23. The zero-order valence-electron chi connectivity index (χ0n) is 14.6. The van der Waals surface area contributed by atoms with Crippen molar-refractivity contribution in [1.29, 1.82) is 0 Å². The fourth-order valence-corrected chi connectivity index (χ4v) is 3.36. The second-order valence-corrected chi connectivity index (χ2v) is 6.64. The minimum absolute atomic E-state index is 0.185. The fraction of sp³-hybridized carbons (Fsp3) is 0.222. The van der Waals surface area contributed by atoms with E-state index in [1.165, 1.54) is 25.4 Å². The number of fused-ring (bicyclic) bond motifs is 2. The number of aromatic nitrogens is 3. The Morgan fingerprint density at radius 3 is 2.68 bits per heavy atom. The number of hydrogen-bond donors (Lipinski definition) is 3. The summed E-state index contributed by atoms with van der Waals surface area (Å²) in [6.07, 6.45) is 0.311. The Labute approximate surface area is 163 Å². The molecule has 0 saturated heterocycles. The van der Waals surface area contributed by atoms with E-state index in [0.29, 0.717) is 27.4 Å². The molecule has 2 aromatic heterocycles. The van der Waals surface area contributed by atoms with Crippen LogP contribution in [0.25, 0.3) is 22.4 Å². The molecular formula is C18H15ClN4O5. The number of nitrogens with zero attached hydrogens (tertiary/aromatic N) is 3. The minimum atomic E-state index is -1.20. The van der Waals surface area contributed by atoms with Gasteiger partial charge < -0.3 is 19.9 Å². The van der Waals surface area contributed by atoms with E-state index < -0.39 is 24.5 Å². The monoisotopic (exact) mass is 402 g/mol. The van der Waals surface area contributed by atoms with E-state index in [1.54, 1.807) is 6.07 Å². The zero-order chi connectivity index (χ0) is 20.0. The molecule has 0 aliphatic carbocycles. The van der Waals surface area contributed by atoms with Gasteiger partial charge in [-0.15, -0.1) is 0 Å². The molecule has 28 heavy (non-hydrogen) atoms. The molecule has 3 N–H and O–H groups in total. The van der Waals surface area contributed by atoms with Gasteiger partial charge in [-0.3, -0.25) is 14.5 Å². The number of ether oxygens (including phenoxy) is 1. The van der Waals surface area contributed by atoms with Gasteiger partial charge in [0.25, 0.3) is 11.8 Å². The van der Waals surface area contributed by atoms with Crippen LogP contribution < -0.4 is 4.74 Å². The Morgan fingerprint density at radius 1 is 1.29 bits per heavy atom. The van der Waals surface area contributed by atoms with E-state index in [4.69, 9.17) is 21.4 Å². The van der Waals surface area contributed by atoms with Gasteiger partial charge >= 0.3 is 0 Å². The highest BCUT2D eigenvalue weighted by Crippen LogP contribution is 2.35. The molecule has 9 nitrogen and oxygen atoms in total. The van der Waals surface area contributed by atoms with Crippen molar-refractivity contribution in [3.8, 4) is 17.3 Å². The number of benzene rings is 1. The lowest BCUT2D eigenvalue weighted by molar-refractivity contribution is 0.0426. The average molecular weight is 403 g/mol. The van der Waals surface area contributed by atoms with Crippen molar-refractivity contribution < 1.29 is 24.5 Å². The number of aliphatic hydroxyl groups excluding tert-OH is 2. The number of halogens is 1. The number of amides is 2. The summed E-state index contributed by atoms with van der Waals surface area (Å²) in [5.41, 5.74) is 1.84. The number of β-amino-alcohol motifs (C(OH)–C–C–N with tert-alkyl or cyclic N) is 1. The number of rotatable bonds is 5. The van der Waals surface area contributed by atoms with Gasteiger partial charge in [0, 0.05) is 6.20 Å². The highest BCUT2D eigenvalue weighted by molar-refractivity contribution is 6.33. The summed E-state index contributed by atoms with van der Waals surface area (Å²) in [5, 5.41) is 18.9. The Hall–Kier alpha value is -3.01. The van der Waals surface area contributed by atoms with Crippen LogP contribution in [0.1, 0.15) is 20.7 Å². The van der Waals surface area contributed by atoms with E-state index in [0.717, 1.165) is 4.90 Å². The van der Waals surface area contributed by atoms with Gasteiger partial charge in [0.05, 0.1) is 59.1 Å². The van der Waals surface area contributed by atoms with Gasteiger partial charge in [-0.25, -0.2) is 9.97 Å². The summed E-state index contributed by atoms with van der Waals surface area (Å²) >= 11 is 6.26. The fourth-order valence-electron chi connectivity index (χ4n) is 3.14. The summed E-state index contributed by atoms with van der Waals surface area (Å²) in [6.45, 7) is -0.829. The quantitative estimate of drug-likeness (QED) is 0.547. The SMILES string of the molecule is COc1nccc(Cl)c1-c1nc2cc3c(cc2[nH]1)C(=O)N(CC(O)CO)C3=O. The lowest BCUT2D eigenvalue weighted by Crippen LogP contribution is -2.38. The van der Waals surface area contributed by atoms with Gasteiger partial charge in [0.1, 0.15) is 5.82 Å². The van der Waals surface area contributed by atoms with Gasteiger partial charge in [-0.05, 0) is 18.2 Å². The third-order valence-electron chi connectivity index (χ3n) is 4.47. The van der Waals surface area contributed by atoms with Crippen LogP contribution in [-0.4, -0.2) is 68.2 Å². The maximum absolute atomic E-state index is 12.6. The molecule has 1 unspecified atom stereocenters. The van der Waals surface area contributed by atoms with Crippen molar-refractivity contribution in [2.45, 2.75) is 6.10 Å². The van der Waals surface area contributed by atoms with E-state index in [1.807, 2.05) is 0 Å². The number of aliphatic hydroxyl groups is 2. The predicted octanol–water partition coefficient (Wildman–Crippen LogP) is 1.24. The summed E-state index contributed by atoms with van der Waals surface area (Å²) < 4.78 is 5.24. The van der Waals surface area contributed by atoms with Crippen molar-refractivity contribution in [3.63, 3.8) is 0 Å². The number of methoxy groups -OCH3 is 1. The van der Waals surface area contributed by atoms with E-state index in [-0.39, 0.29) is 23.6 Å². The molecule has 1 aliphatic heterocycles. The van der Waals surface area contributed by atoms with Crippen molar-refractivity contribution in [2.24, 2.45) is 0 Å². The van der Waals surface area contributed by atoms with Crippen LogP contribution in [-0.2, 0) is 0 Å². The molecule has 3 heterocycles. The number of imide groups is 1. The van der Waals surface area contributed by atoms with Crippen LogP contribution >= 0.6 is 11.6 Å². The number of H-pyrrole nitrogens is 1. The molecule has 144 valence electrons. The molecule has 0 radical (unpaired) electrons. The third-order valence-corrected chi connectivity index (χ3v) is 4.79. The highest BCUT2D eigenvalue weighted by Gasteiger charge is 2.37. The predicted molar refractivity (Wildman–Crippen MR) is 99.3 cm³/mol. The standard InChI is InChI=1S/C18H15ClN4O5/c1-28-16-14(11(19)2-3-20-16)15-21-12-4-9-10(5-13(12)22-15)18(27)23(17(9)26)6-8(25)7-24/h2-5,8,24-25H,6-7H2,1H3,(H,21,22). The maximum Gasteiger partial charge on any atom is 0.261 e. The molecule has 10 heteroatoms. The van der Waals surface area contributed by atoms with Gasteiger partial charge in [-0.1, -0.05) is 11.6 Å². The summed E-state index contributed by atoms with van der Waals surface area (Å²) in [7, 11) is 1.46. The summed E-state index contributed by atoms with van der Waals surface area (Å²) in [5.74, 6) is -0.407. The largest absolute Gasteiger partial charge is 0.480 e. The summed E-state index contributed by atoms with van der Waals surface area (Å²) in [4.78, 5) is 37.7. The molecule has 0 spiro atoms. The third kappa shape index (κ3) is 2.80. The molecular weight excluding hydrogens is 388 g/mol. The number of imidazole rings is 1. The van der Waals surface area contributed by atoms with E-state index >= 15 is 0 Å². The number of carbonyl (C=O) groups is 2. The van der Waals surface area contributed by atoms with Crippen LogP contribution in [0.3, 0.4) is 0 Å². The van der Waals surface area contributed by atoms with Crippen LogP contribution in [0, 0.1) is 0 Å². The first-order valence-electron chi connectivity index (χ1n) is 8.32. The number of nitrogens with one attached hydrogen (secondary N) is 1. The lowest BCUT2D eigenvalue weighted by Gasteiger charge is -2.16. The normalized spacial score (nSPS) is 14.6. The van der Waals surface area contributed by atoms with Gasteiger partial charge in [-0.2, -0.15) is 0 Å². The Balaban J connectivity index is 1.79. The molecule has 0 bridgehead atoms. The molecule has 4 rings (SSSR count). The van der Waals surface area contributed by atoms with Crippen molar-refractivity contribution in [3.05, 3.63) is 40.5 Å². The molecule has 0 fully saturated rings. The number of carbonyl (C=O) groups excluding carboxylic acids is 2. The Kier molecular flexibility index (Phi) is 4.50. The molecule has 3 aromatic rings. The minimum Gasteiger partial charge on any atom is -0.480 e. The number of hydrogen-bond acceptors (Lipinski definition) is 7. The van der Waals surface area contributed by atoms with Crippen LogP contribution in [0.15, 0.2) is 24.4 Å². The smallest absolute Gasteiger partial charge is 0.261 e. The van der Waals surface area contributed by atoms with Gasteiger partial charge in [0.2, 0.25) is 5.88 Å².